The number of carbonyl (C=O) groups excluding carboxylic acids is 2. The summed E-state index contributed by atoms with van der Waals surface area (Å²) in [5.74, 6) is 0.0767. The van der Waals surface area contributed by atoms with Crippen LogP contribution in [0.5, 0.6) is 0 Å². The predicted molar refractivity (Wildman–Crippen MR) is 136 cm³/mol. The Morgan fingerprint density at radius 2 is 1.69 bits per heavy atom. The summed E-state index contributed by atoms with van der Waals surface area (Å²) in [5.41, 5.74) is 2.06. The van der Waals surface area contributed by atoms with Gasteiger partial charge in [0.1, 0.15) is 11.5 Å². The van der Waals surface area contributed by atoms with E-state index in [0.29, 0.717) is 55.7 Å². The van der Waals surface area contributed by atoms with Crippen LogP contribution in [0.3, 0.4) is 0 Å². The maximum atomic E-state index is 14.1. The molecule has 1 atom stereocenters. The van der Waals surface area contributed by atoms with Crippen molar-refractivity contribution in [1.29, 1.82) is 0 Å². The van der Waals surface area contributed by atoms with Gasteiger partial charge in [-0.1, -0.05) is 30.7 Å². The summed E-state index contributed by atoms with van der Waals surface area (Å²) in [6.45, 7) is 5.73. The maximum Gasteiger partial charge on any atom is 0.270 e. The first-order chi connectivity index (χ1) is 16.9. The monoisotopic (exact) mass is 496 g/mol. The van der Waals surface area contributed by atoms with Crippen LogP contribution in [0, 0.1) is 17.7 Å². The number of piperazine rings is 1. The van der Waals surface area contributed by atoms with Gasteiger partial charge in [0.05, 0.1) is 5.69 Å². The van der Waals surface area contributed by atoms with Crippen molar-refractivity contribution >= 4 is 40.0 Å². The molecule has 3 aromatic rings. The van der Waals surface area contributed by atoms with Crippen LogP contribution in [-0.4, -0.2) is 65.9 Å². The second-order valence-electron chi connectivity index (χ2n) is 9.60. The number of H-pyrrole nitrogens is 1. The van der Waals surface area contributed by atoms with Crippen LogP contribution in [0.4, 0.5) is 10.1 Å². The highest BCUT2D eigenvalue weighted by Crippen LogP contribution is 2.29. The number of amides is 2. The molecular weight excluding hydrogens is 467 g/mol. The van der Waals surface area contributed by atoms with Gasteiger partial charge in [0.15, 0.2) is 0 Å². The number of likely N-dealkylation sites (tertiary alicyclic amines) is 1. The van der Waals surface area contributed by atoms with E-state index in [-0.39, 0.29) is 29.5 Å². The van der Waals surface area contributed by atoms with Gasteiger partial charge in [-0.05, 0) is 55.2 Å². The molecule has 6 nitrogen and oxygen atoms in total. The predicted octanol–water partition coefficient (Wildman–Crippen LogP) is 4.80. The molecule has 0 bridgehead atoms. The number of anilines is 1. The lowest BCUT2D eigenvalue weighted by molar-refractivity contribution is -0.137. The van der Waals surface area contributed by atoms with Crippen LogP contribution >= 0.6 is 11.6 Å². The molecule has 2 fully saturated rings. The van der Waals surface area contributed by atoms with Gasteiger partial charge >= 0.3 is 0 Å². The lowest BCUT2D eigenvalue weighted by Gasteiger charge is -2.40. The fourth-order valence-electron chi connectivity index (χ4n) is 5.36. The number of aromatic nitrogens is 1. The standard InChI is InChI=1S/C27H30ClFN4O2/c1-18(26(34)33-14-12-31(13-15-33)25-5-3-2-4-22(25)29)19-8-10-32(11-9-19)27(35)24-17-20-16-21(28)6-7-23(20)30-24/h2-7,16-19,30H,8-15H2,1H3/t18-/m0/s1. The second-order valence-corrected chi connectivity index (χ2v) is 10.0. The number of hydrogen-bond acceptors (Lipinski definition) is 3. The molecule has 1 N–H and O–H groups in total. The average Bonchev–Trinajstić information content (AvgIpc) is 3.31. The summed E-state index contributed by atoms with van der Waals surface area (Å²) >= 11 is 6.07. The Kier molecular flexibility index (Phi) is 6.69. The topological polar surface area (TPSA) is 59.7 Å². The molecule has 35 heavy (non-hydrogen) atoms. The summed E-state index contributed by atoms with van der Waals surface area (Å²) in [6.07, 6.45) is 1.61. The summed E-state index contributed by atoms with van der Waals surface area (Å²) in [5, 5.41) is 1.56. The number of nitrogens with one attached hydrogen (secondary N) is 1. The van der Waals surface area contributed by atoms with Gasteiger partial charge in [-0.25, -0.2) is 4.39 Å². The Hall–Kier alpha value is -3.06. The van der Waals surface area contributed by atoms with Crippen LogP contribution in [0.2, 0.25) is 5.02 Å². The minimum Gasteiger partial charge on any atom is -0.366 e. The van der Waals surface area contributed by atoms with E-state index in [0.717, 1.165) is 23.7 Å². The number of para-hydroxylation sites is 1. The van der Waals surface area contributed by atoms with Gasteiger partial charge in [0.25, 0.3) is 5.91 Å². The number of hydrogen-bond donors (Lipinski definition) is 1. The quantitative estimate of drug-likeness (QED) is 0.564. The molecular formula is C27H30ClFN4O2. The highest BCUT2D eigenvalue weighted by Gasteiger charge is 2.33. The number of rotatable bonds is 4. The van der Waals surface area contributed by atoms with Crippen LogP contribution in [0.1, 0.15) is 30.3 Å². The van der Waals surface area contributed by atoms with E-state index in [4.69, 9.17) is 11.6 Å². The highest BCUT2D eigenvalue weighted by atomic mass is 35.5. The maximum absolute atomic E-state index is 14.1. The molecule has 2 aliphatic rings. The van der Waals surface area contributed by atoms with Crippen molar-refractivity contribution in [2.75, 3.05) is 44.2 Å². The van der Waals surface area contributed by atoms with Crippen molar-refractivity contribution in [1.82, 2.24) is 14.8 Å². The largest absolute Gasteiger partial charge is 0.366 e. The fraction of sp³-hybridized carbons (Fsp3) is 0.407. The van der Waals surface area contributed by atoms with Crippen LogP contribution in [-0.2, 0) is 4.79 Å². The Morgan fingerprint density at radius 1 is 0.971 bits per heavy atom. The average molecular weight is 497 g/mol. The number of nitrogens with zero attached hydrogens (tertiary/aromatic N) is 3. The summed E-state index contributed by atoms with van der Waals surface area (Å²) in [7, 11) is 0. The van der Waals surface area contributed by atoms with Crippen molar-refractivity contribution in [3.63, 3.8) is 0 Å². The van der Waals surface area contributed by atoms with Crippen LogP contribution < -0.4 is 4.90 Å². The number of benzene rings is 2. The van der Waals surface area contributed by atoms with E-state index < -0.39 is 0 Å². The number of aromatic amines is 1. The van der Waals surface area contributed by atoms with E-state index in [1.165, 1.54) is 6.07 Å². The van der Waals surface area contributed by atoms with Gasteiger partial charge in [-0.3, -0.25) is 9.59 Å². The molecule has 8 heteroatoms. The van der Waals surface area contributed by atoms with Crippen molar-refractivity contribution in [3.8, 4) is 0 Å². The third kappa shape index (κ3) is 4.87. The number of piperidine rings is 1. The molecule has 0 unspecified atom stereocenters. The minimum absolute atomic E-state index is 0.0148. The first-order valence-corrected chi connectivity index (χ1v) is 12.6. The zero-order valence-corrected chi connectivity index (χ0v) is 20.6. The second kappa shape index (κ2) is 9.90. The van der Waals surface area contributed by atoms with Crippen molar-refractivity contribution in [3.05, 3.63) is 65.1 Å². The Morgan fingerprint density at radius 3 is 2.40 bits per heavy atom. The number of carbonyl (C=O) groups is 2. The van der Waals surface area contributed by atoms with Crippen LogP contribution in [0.25, 0.3) is 10.9 Å². The lowest BCUT2D eigenvalue weighted by Crippen LogP contribution is -2.51. The molecule has 2 saturated heterocycles. The smallest absolute Gasteiger partial charge is 0.270 e. The normalized spacial score (nSPS) is 18.2. The molecule has 3 heterocycles. The van der Waals surface area contributed by atoms with Crippen LogP contribution in [0.15, 0.2) is 48.5 Å². The summed E-state index contributed by atoms with van der Waals surface area (Å²) in [4.78, 5) is 35.2. The molecule has 0 aliphatic carbocycles. The first-order valence-electron chi connectivity index (χ1n) is 12.3. The molecule has 184 valence electrons. The summed E-state index contributed by atoms with van der Waals surface area (Å²) < 4.78 is 14.1. The molecule has 0 saturated carbocycles. The Labute approximate surface area is 209 Å². The molecule has 5 rings (SSSR count). The van der Waals surface area contributed by atoms with E-state index in [1.807, 2.05) is 45.9 Å². The minimum atomic E-state index is -0.224. The van der Waals surface area contributed by atoms with E-state index in [9.17, 15) is 14.0 Å². The molecule has 0 spiro atoms. The number of halogens is 2. The third-order valence-corrected chi connectivity index (χ3v) is 7.76. The SMILES string of the molecule is C[C@H](C(=O)N1CCN(c2ccccc2F)CC1)C1CCN(C(=O)c2cc3cc(Cl)ccc3[nH]2)CC1. The highest BCUT2D eigenvalue weighted by molar-refractivity contribution is 6.31. The zero-order valence-electron chi connectivity index (χ0n) is 19.8. The first kappa shape index (κ1) is 23.7. The molecule has 0 radical (unpaired) electrons. The molecule has 2 aromatic carbocycles. The zero-order chi connectivity index (χ0) is 24.5. The van der Waals surface area contributed by atoms with Gasteiger partial charge in [-0.15, -0.1) is 0 Å². The Bertz CT molecular complexity index is 1230. The lowest BCUT2D eigenvalue weighted by atomic mass is 9.84. The van der Waals surface area contributed by atoms with E-state index in [2.05, 4.69) is 4.98 Å². The van der Waals surface area contributed by atoms with E-state index in [1.54, 1.807) is 18.2 Å². The number of fused-ring (bicyclic) bond motifs is 1. The Balaban J connectivity index is 1.14. The van der Waals surface area contributed by atoms with Gasteiger partial charge < -0.3 is 19.7 Å². The molecule has 1 aromatic heterocycles. The van der Waals surface area contributed by atoms with Gasteiger partial charge in [0, 0.05) is 61.1 Å². The fourth-order valence-corrected chi connectivity index (χ4v) is 5.54. The van der Waals surface area contributed by atoms with Gasteiger partial charge in [-0.2, -0.15) is 0 Å². The van der Waals surface area contributed by atoms with Crippen molar-refractivity contribution < 1.29 is 14.0 Å². The molecule has 2 amide bonds. The van der Waals surface area contributed by atoms with E-state index >= 15 is 0 Å². The van der Waals surface area contributed by atoms with Crippen molar-refractivity contribution in [2.24, 2.45) is 11.8 Å². The van der Waals surface area contributed by atoms with Crippen molar-refractivity contribution in [2.45, 2.75) is 19.8 Å². The third-order valence-electron chi connectivity index (χ3n) is 7.52. The summed E-state index contributed by atoms with van der Waals surface area (Å²) in [6, 6.07) is 14.2. The molecule has 2 aliphatic heterocycles. The van der Waals surface area contributed by atoms with Gasteiger partial charge in [0.2, 0.25) is 5.91 Å².